The molecule has 0 aliphatic rings. The van der Waals surface area contributed by atoms with E-state index in [9.17, 15) is 13.2 Å². The van der Waals surface area contributed by atoms with E-state index in [0.29, 0.717) is 11.4 Å². The number of benzene rings is 1. The van der Waals surface area contributed by atoms with Gasteiger partial charge in [-0.1, -0.05) is 0 Å². The van der Waals surface area contributed by atoms with Crippen LogP contribution in [0.5, 0.6) is 0 Å². The molecule has 0 radical (unpaired) electrons. The van der Waals surface area contributed by atoms with Crippen LogP contribution in [0.4, 0.5) is 11.4 Å². The number of rotatable bonds is 3. The highest BCUT2D eigenvalue weighted by Gasteiger charge is 2.27. The lowest BCUT2D eigenvalue weighted by molar-refractivity contribution is -0.117. The zero-order valence-corrected chi connectivity index (χ0v) is 10.9. The number of nitrogen functional groups attached to an aromatic ring is 1. The van der Waals surface area contributed by atoms with E-state index in [2.05, 4.69) is 0 Å². The Kier molecular flexibility index (Phi) is 3.77. The molecule has 0 aromatic heterocycles. The first-order valence-electron chi connectivity index (χ1n) is 5.05. The molecule has 0 spiro atoms. The van der Waals surface area contributed by atoms with Gasteiger partial charge in [-0.05, 0) is 31.2 Å². The molecular weight excluding hydrogens is 240 g/mol. The molecule has 1 unspecified atom stereocenters. The monoisotopic (exact) mass is 256 g/mol. The van der Waals surface area contributed by atoms with Crippen LogP contribution in [0, 0.1) is 0 Å². The number of nitrogens with two attached hydrogens (primary N) is 1. The van der Waals surface area contributed by atoms with E-state index in [4.69, 9.17) is 5.73 Å². The summed E-state index contributed by atoms with van der Waals surface area (Å²) in [6.45, 7) is 1.38. The summed E-state index contributed by atoms with van der Waals surface area (Å²) in [5, 5.41) is -1.05. The molecule has 0 saturated carbocycles. The summed E-state index contributed by atoms with van der Waals surface area (Å²) >= 11 is 0. The van der Waals surface area contributed by atoms with Crippen molar-refractivity contribution in [3.63, 3.8) is 0 Å². The van der Waals surface area contributed by atoms with Crippen LogP contribution in [0.3, 0.4) is 0 Å². The standard InChI is InChI=1S/C11H16N2O3S/c1-8(17(3,15)16)11(14)13(2)10-6-4-9(12)5-7-10/h4-8H,12H2,1-3H3. The molecular formula is C11H16N2O3S. The number of hydrogen-bond acceptors (Lipinski definition) is 4. The largest absolute Gasteiger partial charge is 0.399 e. The Morgan fingerprint density at radius 3 is 2.18 bits per heavy atom. The van der Waals surface area contributed by atoms with Gasteiger partial charge in [-0.25, -0.2) is 8.42 Å². The second-order valence-corrected chi connectivity index (χ2v) is 6.33. The quantitative estimate of drug-likeness (QED) is 0.806. The van der Waals surface area contributed by atoms with Crippen molar-refractivity contribution in [1.82, 2.24) is 0 Å². The Labute approximate surface area is 101 Å². The fraction of sp³-hybridized carbons (Fsp3) is 0.364. The number of carbonyl (C=O) groups excluding carboxylic acids is 1. The molecule has 6 heteroatoms. The zero-order chi connectivity index (χ0) is 13.2. The van der Waals surface area contributed by atoms with Gasteiger partial charge in [0.1, 0.15) is 5.25 Å². The second kappa shape index (κ2) is 4.75. The molecule has 1 rings (SSSR count). The average Bonchev–Trinajstić information content (AvgIpc) is 2.26. The summed E-state index contributed by atoms with van der Waals surface area (Å²) in [5.74, 6) is -0.461. The van der Waals surface area contributed by atoms with E-state index in [1.165, 1.54) is 18.9 Å². The van der Waals surface area contributed by atoms with Crippen molar-refractivity contribution < 1.29 is 13.2 Å². The van der Waals surface area contributed by atoms with Crippen LogP contribution in [-0.4, -0.2) is 32.9 Å². The maximum Gasteiger partial charge on any atom is 0.244 e. The lowest BCUT2D eigenvalue weighted by Crippen LogP contribution is -2.38. The minimum absolute atomic E-state index is 0.461. The SMILES string of the molecule is CC(C(=O)N(C)c1ccc(N)cc1)S(C)(=O)=O. The predicted molar refractivity (Wildman–Crippen MR) is 68.6 cm³/mol. The van der Waals surface area contributed by atoms with Gasteiger partial charge in [0.25, 0.3) is 0 Å². The number of amides is 1. The van der Waals surface area contributed by atoms with E-state index >= 15 is 0 Å². The third kappa shape index (κ3) is 3.20. The normalized spacial score (nSPS) is 13.1. The number of anilines is 2. The second-order valence-electron chi connectivity index (χ2n) is 3.96. The summed E-state index contributed by atoms with van der Waals surface area (Å²) in [6, 6.07) is 6.65. The minimum atomic E-state index is -3.38. The highest BCUT2D eigenvalue weighted by atomic mass is 32.2. The predicted octanol–water partition coefficient (Wildman–Crippen LogP) is 0.665. The maximum atomic E-state index is 11.9. The summed E-state index contributed by atoms with van der Waals surface area (Å²) in [6.07, 6.45) is 1.05. The van der Waals surface area contributed by atoms with E-state index in [0.717, 1.165) is 6.26 Å². The van der Waals surface area contributed by atoms with Crippen molar-refractivity contribution >= 4 is 27.1 Å². The Bertz CT molecular complexity index is 508. The van der Waals surface area contributed by atoms with E-state index in [1.54, 1.807) is 24.3 Å². The van der Waals surface area contributed by atoms with Crippen molar-refractivity contribution in [3.05, 3.63) is 24.3 Å². The summed E-state index contributed by atoms with van der Waals surface area (Å²) in [5.41, 5.74) is 6.73. The van der Waals surface area contributed by atoms with E-state index in [-0.39, 0.29) is 0 Å². The molecule has 5 nitrogen and oxygen atoms in total. The Morgan fingerprint density at radius 2 is 1.76 bits per heavy atom. The van der Waals surface area contributed by atoms with Gasteiger partial charge in [-0.2, -0.15) is 0 Å². The first kappa shape index (κ1) is 13.5. The van der Waals surface area contributed by atoms with Crippen LogP contribution in [0.15, 0.2) is 24.3 Å². The van der Waals surface area contributed by atoms with Gasteiger partial charge in [0.2, 0.25) is 5.91 Å². The fourth-order valence-corrected chi connectivity index (χ4v) is 1.81. The Hall–Kier alpha value is -1.56. The molecule has 0 heterocycles. The molecule has 1 atom stereocenters. The molecule has 17 heavy (non-hydrogen) atoms. The van der Waals surface area contributed by atoms with Crippen LogP contribution in [0.1, 0.15) is 6.92 Å². The van der Waals surface area contributed by atoms with Crippen molar-refractivity contribution in [2.75, 3.05) is 23.9 Å². The molecule has 0 fully saturated rings. The van der Waals surface area contributed by atoms with Gasteiger partial charge in [0.15, 0.2) is 9.84 Å². The fourth-order valence-electron chi connectivity index (χ4n) is 1.28. The smallest absolute Gasteiger partial charge is 0.244 e. The van der Waals surface area contributed by atoms with Gasteiger partial charge in [-0.3, -0.25) is 4.79 Å². The number of nitrogens with zero attached hydrogens (tertiary/aromatic N) is 1. The summed E-state index contributed by atoms with van der Waals surface area (Å²) in [7, 11) is -1.84. The molecule has 1 aromatic carbocycles. The zero-order valence-electron chi connectivity index (χ0n) is 10.0. The molecule has 0 aliphatic carbocycles. The third-order valence-electron chi connectivity index (χ3n) is 2.60. The first-order valence-corrected chi connectivity index (χ1v) is 7.01. The van der Waals surface area contributed by atoms with Gasteiger partial charge in [-0.15, -0.1) is 0 Å². The van der Waals surface area contributed by atoms with Crippen LogP contribution in [0.25, 0.3) is 0 Å². The van der Waals surface area contributed by atoms with Crippen LogP contribution in [-0.2, 0) is 14.6 Å². The third-order valence-corrected chi connectivity index (χ3v) is 4.09. The van der Waals surface area contributed by atoms with Crippen molar-refractivity contribution in [2.24, 2.45) is 0 Å². The molecule has 0 aliphatic heterocycles. The van der Waals surface area contributed by atoms with Crippen LogP contribution < -0.4 is 10.6 Å². The van der Waals surface area contributed by atoms with Gasteiger partial charge in [0.05, 0.1) is 0 Å². The van der Waals surface area contributed by atoms with Crippen molar-refractivity contribution in [3.8, 4) is 0 Å². The number of carbonyl (C=O) groups is 1. The van der Waals surface area contributed by atoms with Crippen LogP contribution >= 0.6 is 0 Å². The highest BCUT2D eigenvalue weighted by molar-refractivity contribution is 7.92. The number of sulfone groups is 1. The molecule has 0 saturated heterocycles. The highest BCUT2D eigenvalue weighted by Crippen LogP contribution is 2.16. The Morgan fingerprint density at radius 1 is 1.29 bits per heavy atom. The first-order chi connectivity index (χ1) is 7.73. The summed E-state index contributed by atoms with van der Waals surface area (Å²) < 4.78 is 22.6. The topological polar surface area (TPSA) is 80.5 Å². The van der Waals surface area contributed by atoms with Gasteiger partial charge >= 0.3 is 0 Å². The molecule has 94 valence electrons. The van der Waals surface area contributed by atoms with E-state index in [1.807, 2.05) is 0 Å². The van der Waals surface area contributed by atoms with Gasteiger partial charge < -0.3 is 10.6 Å². The average molecular weight is 256 g/mol. The van der Waals surface area contributed by atoms with Crippen molar-refractivity contribution in [1.29, 1.82) is 0 Å². The van der Waals surface area contributed by atoms with Crippen LogP contribution in [0.2, 0.25) is 0 Å². The van der Waals surface area contributed by atoms with Gasteiger partial charge in [0, 0.05) is 24.7 Å². The maximum absolute atomic E-state index is 11.9. The minimum Gasteiger partial charge on any atom is -0.399 e. The molecule has 1 aromatic rings. The lowest BCUT2D eigenvalue weighted by atomic mass is 10.2. The Balaban J connectivity index is 2.94. The molecule has 1 amide bonds. The van der Waals surface area contributed by atoms with E-state index < -0.39 is 21.0 Å². The molecule has 2 N–H and O–H groups in total. The molecule has 0 bridgehead atoms. The summed E-state index contributed by atoms with van der Waals surface area (Å²) in [4.78, 5) is 13.2. The lowest BCUT2D eigenvalue weighted by Gasteiger charge is -2.20. The number of hydrogen-bond donors (Lipinski definition) is 1. The van der Waals surface area contributed by atoms with Crippen molar-refractivity contribution in [2.45, 2.75) is 12.2 Å².